The van der Waals surface area contributed by atoms with Gasteiger partial charge in [-0.1, -0.05) is 161 Å². The van der Waals surface area contributed by atoms with Crippen LogP contribution >= 0.6 is 0 Å². The summed E-state index contributed by atoms with van der Waals surface area (Å²) in [6.45, 7) is 4.26. The monoisotopic (exact) mass is 523 g/mol. The third-order valence-electron chi connectivity index (χ3n) is 7.52. The van der Waals surface area contributed by atoms with Crippen molar-refractivity contribution in [3.63, 3.8) is 0 Å². The van der Waals surface area contributed by atoms with Crippen LogP contribution in [0, 0.1) is 0 Å². The maximum absolute atomic E-state index is 12.2. The van der Waals surface area contributed by atoms with Gasteiger partial charge < -0.3 is 15.5 Å². The molecule has 0 heterocycles. The first-order valence-electron chi connectivity index (χ1n) is 16.4. The molecule has 4 nitrogen and oxygen atoms in total. The SMILES string of the molecule is CCCCCCCC/C=C/C(O)C(CO)NC(=O)CCCCCCCCCCCCCCCCCCC. The van der Waals surface area contributed by atoms with Gasteiger partial charge in [-0.3, -0.25) is 4.79 Å². The average molecular weight is 524 g/mol. The Kier molecular flexibility index (Phi) is 29.0. The molecular weight excluding hydrogens is 458 g/mol. The highest BCUT2D eigenvalue weighted by Crippen LogP contribution is 2.14. The van der Waals surface area contributed by atoms with E-state index in [2.05, 4.69) is 19.2 Å². The molecule has 1 amide bonds. The number of amides is 1. The quantitative estimate of drug-likeness (QED) is 0.0676. The summed E-state index contributed by atoms with van der Waals surface area (Å²) in [6, 6.07) is -0.612. The van der Waals surface area contributed by atoms with E-state index in [0.29, 0.717) is 6.42 Å². The first-order chi connectivity index (χ1) is 18.2. The fourth-order valence-corrected chi connectivity index (χ4v) is 4.94. The summed E-state index contributed by atoms with van der Waals surface area (Å²) >= 11 is 0. The van der Waals surface area contributed by atoms with Crippen LogP contribution in [0.25, 0.3) is 0 Å². The third kappa shape index (κ3) is 26.5. The zero-order valence-electron chi connectivity index (χ0n) is 25.0. The van der Waals surface area contributed by atoms with Crippen molar-refractivity contribution in [1.82, 2.24) is 5.32 Å². The van der Waals surface area contributed by atoms with Crippen LogP contribution < -0.4 is 5.32 Å². The molecule has 4 heteroatoms. The Balaban J connectivity index is 3.55. The van der Waals surface area contributed by atoms with Crippen LogP contribution in [0.5, 0.6) is 0 Å². The molecule has 0 aromatic rings. The van der Waals surface area contributed by atoms with Crippen molar-refractivity contribution in [3.05, 3.63) is 12.2 Å². The van der Waals surface area contributed by atoms with Crippen LogP contribution in [0.2, 0.25) is 0 Å². The molecule has 37 heavy (non-hydrogen) atoms. The second-order valence-electron chi connectivity index (χ2n) is 11.2. The Bertz CT molecular complexity index is 494. The minimum absolute atomic E-state index is 0.0663. The first kappa shape index (κ1) is 36.1. The molecule has 0 aliphatic rings. The van der Waals surface area contributed by atoms with E-state index in [1.165, 1.54) is 128 Å². The zero-order chi connectivity index (χ0) is 27.2. The van der Waals surface area contributed by atoms with E-state index in [4.69, 9.17) is 0 Å². The van der Waals surface area contributed by atoms with Gasteiger partial charge >= 0.3 is 0 Å². The van der Waals surface area contributed by atoms with Gasteiger partial charge in [0, 0.05) is 6.42 Å². The lowest BCUT2D eigenvalue weighted by Crippen LogP contribution is -2.45. The number of hydrogen-bond acceptors (Lipinski definition) is 3. The summed E-state index contributed by atoms with van der Waals surface area (Å²) in [4.78, 5) is 12.2. The largest absolute Gasteiger partial charge is 0.394 e. The normalized spacial score (nSPS) is 13.3. The Labute approximate surface area is 231 Å². The lowest BCUT2D eigenvalue weighted by molar-refractivity contribution is -0.123. The lowest BCUT2D eigenvalue weighted by atomic mass is 10.0. The number of rotatable bonds is 29. The van der Waals surface area contributed by atoms with Gasteiger partial charge in [0.15, 0.2) is 0 Å². The summed E-state index contributed by atoms with van der Waals surface area (Å²) in [5.41, 5.74) is 0. The number of aliphatic hydroxyl groups is 2. The number of carbonyl (C=O) groups is 1. The van der Waals surface area contributed by atoms with E-state index in [1.807, 2.05) is 6.08 Å². The highest BCUT2D eigenvalue weighted by Gasteiger charge is 2.17. The van der Waals surface area contributed by atoms with Gasteiger partial charge in [0.1, 0.15) is 0 Å². The molecule has 0 rings (SSSR count). The summed E-state index contributed by atoms with van der Waals surface area (Å²) in [6.07, 6.45) is 34.4. The van der Waals surface area contributed by atoms with Gasteiger partial charge in [-0.2, -0.15) is 0 Å². The second-order valence-corrected chi connectivity index (χ2v) is 11.2. The van der Waals surface area contributed by atoms with Crippen molar-refractivity contribution in [2.24, 2.45) is 0 Å². The molecule has 0 aliphatic carbocycles. The highest BCUT2D eigenvalue weighted by molar-refractivity contribution is 5.76. The van der Waals surface area contributed by atoms with Crippen LogP contribution in [0.4, 0.5) is 0 Å². The predicted octanol–water partition coefficient (Wildman–Crippen LogP) is 9.17. The minimum Gasteiger partial charge on any atom is -0.394 e. The molecular formula is C33H65NO3. The minimum atomic E-state index is -0.829. The van der Waals surface area contributed by atoms with Gasteiger partial charge in [-0.15, -0.1) is 0 Å². The summed E-state index contributed by atoms with van der Waals surface area (Å²) < 4.78 is 0. The van der Waals surface area contributed by atoms with E-state index in [-0.39, 0.29) is 12.5 Å². The van der Waals surface area contributed by atoms with E-state index in [9.17, 15) is 15.0 Å². The topological polar surface area (TPSA) is 69.6 Å². The molecule has 0 fully saturated rings. The lowest BCUT2D eigenvalue weighted by Gasteiger charge is -2.20. The van der Waals surface area contributed by atoms with Crippen LogP contribution in [0.3, 0.4) is 0 Å². The van der Waals surface area contributed by atoms with Crippen LogP contribution in [-0.2, 0) is 4.79 Å². The van der Waals surface area contributed by atoms with Crippen molar-refractivity contribution in [3.8, 4) is 0 Å². The molecule has 0 aromatic heterocycles. The van der Waals surface area contributed by atoms with Crippen molar-refractivity contribution in [2.75, 3.05) is 6.61 Å². The number of unbranched alkanes of at least 4 members (excludes halogenated alkanes) is 22. The molecule has 0 aromatic carbocycles. The zero-order valence-corrected chi connectivity index (χ0v) is 25.0. The first-order valence-corrected chi connectivity index (χ1v) is 16.4. The molecule has 0 saturated carbocycles. The van der Waals surface area contributed by atoms with Gasteiger partial charge in [0.2, 0.25) is 5.91 Å². The molecule has 0 bridgehead atoms. The summed E-state index contributed by atoms with van der Waals surface area (Å²) in [7, 11) is 0. The van der Waals surface area contributed by atoms with Crippen LogP contribution in [0.1, 0.15) is 174 Å². The van der Waals surface area contributed by atoms with Gasteiger partial charge in [-0.05, 0) is 19.3 Å². The molecule has 0 saturated heterocycles. The fraction of sp³-hybridized carbons (Fsp3) is 0.909. The smallest absolute Gasteiger partial charge is 0.220 e. The number of aliphatic hydroxyl groups excluding tert-OH is 2. The van der Waals surface area contributed by atoms with Gasteiger partial charge in [0.25, 0.3) is 0 Å². The number of carbonyl (C=O) groups excluding carboxylic acids is 1. The van der Waals surface area contributed by atoms with Crippen LogP contribution in [-0.4, -0.2) is 34.9 Å². The van der Waals surface area contributed by atoms with Crippen molar-refractivity contribution in [1.29, 1.82) is 0 Å². The van der Waals surface area contributed by atoms with Gasteiger partial charge in [-0.25, -0.2) is 0 Å². The summed E-state index contributed by atoms with van der Waals surface area (Å²) in [5.74, 6) is -0.0663. The number of hydrogen-bond donors (Lipinski definition) is 3. The molecule has 0 aliphatic heterocycles. The van der Waals surface area contributed by atoms with Crippen molar-refractivity contribution in [2.45, 2.75) is 187 Å². The third-order valence-corrected chi connectivity index (χ3v) is 7.52. The molecule has 2 unspecified atom stereocenters. The number of allylic oxidation sites excluding steroid dienone is 1. The number of nitrogens with one attached hydrogen (secondary N) is 1. The Morgan fingerprint density at radius 1 is 0.622 bits per heavy atom. The molecule has 2 atom stereocenters. The maximum atomic E-state index is 12.2. The fourth-order valence-electron chi connectivity index (χ4n) is 4.94. The second kappa shape index (κ2) is 29.7. The molecule has 0 radical (unpaired) electrons. The van der Waals surface area contributed by atoms with E-state index >= 15 is 0 Å². The Hall–Kier alpha value is -0.870. The van der Waals surface area contributed by atoms with Gasteiger partial charge in [0.05, 0.1) is 18.8 Å². The summed E-state index contributed by atoms with van der Waals surface area (Å²) in [5, 5.41) is 22.7. The van der Waals surface area contributed by atoms with Crippen molar-refractivity contribution < 1.29 is 15.0 Å². The van der Waals surface area contributed by atoms with Crippen molar-refractivity contribution >= 4 is 5.91 Å². The molecule has 0 spiro atoms. The average Bonchev–Trinajstić information content (AvgIpc) is 2.90. The Morgan fingerprint density at radius 2 is 1.00 bits per heavy atom. The maximum Gasteiger partial charge on any atom is 0.220 e. The Morgan fingerprint density at radius 3 is 1.41 bits per heavy atom. The predicted molar refractivity (Wildman–Crippen MR) is 161 cm³/mol. The molecule has 220 valence electrons. The highest BCUT2D eigenvalue weighted by atomic mass is 16.3. The molecule has 3 N–H and O–H groups in total. The standard InChI is InChI=1S/C33H65NO3/c1-3-5-7-9-11-13-14-15-16-17-18-19-20-21-23-25-27-29-33(37)34-31(30-35)32(36)28-26-24-22-12-10-8-6-4-2/h26,28,31-32,35-36H,3-25,27,29-30H2,1-2H3,(H,34,37)/b28-26+. The van der Waals surface area contributed by atoms with E-state index in [1.54, 1.807) is 6.08 Å². The van der Waals surface area contributed by atoms with Crippen LogP contribution in [0.15, 0.2) is 12.2 Å². The van der Waals surface area contributed by atoms with E-state index in [0.717, 1.165) is 25.7 Å². The van der Waals surface area contributed by atoms with E-state index < -0.39 is 12.1 Å².